The van der Waals surface area contributed by atoms with E-state index < -0.39 is 15.9 Å². The van der Waals surface area contributed by atoms with Crippen LogP contribution in [-0.4, -0.2) is 68.3 Å². The van der Waals surface area contributed by atoms with Gasteiger partial charge in [0.05, 0.1) is 23.7 Å². The quantitative estimate of drug-likeness (QED) is 0.862. The summed E-state index contributed by atoms with van der Waals surface area (Å²) in [6.45, 7) is 7.59. The zero-order chi connectivity index (χ0) is 15.9. The van der Waals surface area contributed by atoms with E-state index in [0.717, 1.165) is 26.2 Å². The van der Waals surface area contributed by atoms with Gasteiger partial charge in [-0.1, -0.05) is 12.1 Å². The monoisotopic (exact) mass is 324 g/mol. The SMILES string of the molecule is Cc1cccc(N2CCN([C@H]3CS(=O)(=O)C[C@H]3O)CC2)c1C. The van der Waals surface area contributed by atoms with Gasteiger partial charge in [0.25, 0.3) is 0 Å². The normalized spacial score (nSPS) is 29.0. The van der Waals surface area contributed by atoms with Gasteiger partial charge in [-0.15, -0.1) is 0 Å². The highest BCUT2D eigenvalue weighted by molar-refractivity contribution is 7.91. The number of nitrogens with zero attached hydrogens (tertiary/aromatic N) is 2. The van der Waals surface area contributed by atoms with Crippen molar-refractivity contribution >= 4 is 15.5 Å². The molecule has 0 bridgehead atoms. The van der Waals surface area contributed by atoms with E-state index in [4.69, 9.17) is 0 Å². The zero-order valence-corrected chi connectivity index (χ0v) is 14.0. The maximum absolute atomic E-state index is 11.7. The second-order valence-electron chi connectivity index (χ2n) is 6.45. The van der Waals surface area contributed by atoms with Crippen molar-refractivity contribution < 1.29 is 13.5 Å². The topological polar surface area (TPSA) is 60.9 Å². The van der Waals surface area contributed by atoms with E-state index in [1.165, 1.54) is 16.8 Å². The summed E-state index contributed by atoms with van der Waals surface area (Å²) >= 11 is 0. The summed E-state index contributed by atoms with van der Waals surface area (Å²) in [7, 11) is -3.08. The van der Waals surface area contributed by atoms with E-state index in [1.54, 1.807) is 0 Å². The van der Waals surface area contributed by atoms with Crippen LogP contribution in [-0.2, 0) is 9.84 Å². The molecule has 5 nitrogen and oxygen atoms in total. The van der Waals surface area contributed by atoms with E-state index in [2.05, 4.69) is 41.8 Å². The van der Waals surface area contributed by atoms with Gasteiger partial charge in [-0.2, -0.15) is 0 Å². The minimum Gasteiger partial charge on any atom is -0.390 e. The number of anilines is 1. The minimum atomic E-state index is -3.08. The molecule has 2 aliphatic heterocycles. The van der Waals surface area contributed by atoms with Crippen molar-refractivity contribution in [2.75, 3.05) is 42.6 Å². The third-order valence-corrected chi connectivity index (χ3v) is 6.69. The van der Waals surface area contributed by atoms with Crippen LogP contribution in [0, 0.1) is 13.8 Å². The summed E-state index contributed by atoms with van der Waals surface area (Å²) in [6, 6.07) is 6.12. The summed E-state index contributed by atoms with van der Waals surface area (Å²) in [5.41, 5.74) is 3.86. The first-order chi connectivity index (χ1) is 10.4. The molecule has 2 saturated heterocycles. The maximum Gasteiger partial charge on any atom is 0.154 e. The molecule has 3 rings (SSSR count). The first-order valence-corrected chi connectivity index (χ1v) is 9.63. The van der Waals surface area contributed by atoms with Gasteiger partial charge in [0.15, 0.2) is 9.84 Å². The molecule has 0 amide bonds. The Morgan fingerprint density at radius 3 is 2.36 bits per heavy atom. The van der Waals surface area contributed by atoms with Gasteiger partial charge in [-0.3, -0.25) is 4.90 Å². The number of rotatable bonds is 2. The molecule has 6 heteroatoms. The Kier molecular flexibility index (Phi) is 4.18. The summed E-state index contributed by atoms with van der Waals surface area (Å²) in [6.07, 6.45) is -0.739. The van der Waals surface area contributed by atoms with E-state index >= 15 is 0 Å². The van der Waals surface area contributed by atoms with Crippen LogP contribution in [0.25, 0.3) is 0 Å². The highest BCUT2D eigenvalue weighted by atomic mass is 32.2. The Morgan fingerprint density at radius 1 is 1.09 bits per heavy atom. The highest BCUT2D eigenvalue weighted by Gasteiger charge is 2.40. The highest BCUT2D eigenvalue weighted by Crippen LogP contribution is 2.26. The van der Waals surface area contributed by atoms with Crippen LogP contribution in [0.2, 0.25) is 0 Å². The molecule has 1 aromatic carbocycles. The van der Waals surface area contributed by atoms with Crippen LogP contribution in [0.4, 0.5) is 5.69 Å². The molecule has 2 aliphatic rings. The van der Waals surface area contributed by atoms with Crippen LogP contribution >= 0.6 is 0 Å². The minimum absolute atomic E-state index is 0.0884. The molecule has 2 heterocycles. The second-order valence-corrected chi connectivity index (χ2v) is 8.61. The average Bonchev–Trinajstić information content (AvgIpc) is 2.75. The number of sulfone groups is 1. The van der Waals surface area contributed by atoms with Crippen molar-refractivity contribution in [2.24, 2.45) is 0 Å². The Balaban J connectivity index is 1.67. The van der Waals surface area contributed by atoms with Crippen molar-refractivity contribution in [3.05, 3.63) is 29.3 Å². The van der Waals surface area contributed by atoms with Gasteiger partial charge in [0.1, 0.15) is 0 Å². The number of aliphatic hydroxyl groups is 1. The Morgan fingerprint density at radius 2 is 1.77 bits per heavy atom. The molecule has 0 aromatic heterocycles. The summed E-state index contributed by atoms with van der Waals surface area (Å²) in [4.78, 5) is 4.49. The molecule has 1 aromatic rings. The first kappa shape index (κ1) is 15.8. The number of benzene rings is 1. The van der Waals surface area contributed by atoms with Crippen molar-refractivity contribution in [2.45, 2.75) is 26.0 Å². The number of piperazine rings is 1. The van der Waals surface area contributed by atoms with E-state index in [-0.39, 0.29) is 17.5 Å². The first-order valence-electron chi connectivity index (χ1n) is 7.81. The Bertz CT molecular complexity index is 651. The van der Waals surface area contributed by atoms with Crippen LogP contribution in [0.5, 0.6) is 0 Å². The lowest BCUT2D eigenvalue weighted by molar-refractivity contribution is 0.0793. The van der Waals surface area contributed by atoms with Gasteiger partial charge >= 0.3 is 0 Å². The molecule has 0 saturated carbocycles. The summed E-state index contributed by atoms with van der Waals surface area (Å²) in [5.74, 6) is 0.00646. The standard InChI is InChI=1S/C16H24N2O3S/c1-12-4-3-5-14(13(12)2)17-6-8-18(9-7-17)15-10-22(20,21)11-16(15)19/h3-5,15-16,19H,6-11H2,1-2H3/t15-,16+/m0/s1. The predicted molar refractivity (Wildman–Crippen MR) is 88.2 cm³/mol. The number of aliphatic hydroxyl groups excluding tert-OH is 1. The lowest BCUT2D eigenvalue weighted by atomic mass is 10.1. The van der Waals surface area contributed by atoms with Gasteiger partial charge in [-0.25, -0.2) is 8.42 Å². The number of hydrogen-bond donors (Lipinski definition) is 1. The second kappa shape index (κ2) is 5.83. The van der Waals surface area contributed by atoms with Crippen LogP contribution < -0.4 is 4.90 Å². The van der Waals surface area contributed by atoms with Crippen LogP contribution in [0.15, 0.2) is 18.2 Å². The van der Waals surface area contributed by atoms with Crippen molar-refractivity contribution in [3.8, 4) is 0 Å². The van der Waals surface area contributed by atoms with Crippen LogP contribution in [0.3, 0.4) is 0 Å². The lowest BCUT2D eigenvalue weighted by Gasteiger charge is -2.40. The molecule has 122 valence electrons. The van der Waals surface area contributed by atoms with Crippen molar-refractivity contribution in [3.63, 3.8) is 0 Å². The molecular weight excluding hydrogens is 300 g/mol. The van der Waals surface area contributed by atoms with Gasteiger partial charge < -0.3 is 10.0 Å². The smallest absolute Gasteiger partial charge is 0.154 e. The fourth-order valence-corrected chi connectivity index (χ4v) is 5.36. The Hall–Kier alpha value is -1.11. The predicted octanol–water partition coefficient (Wildman–Crippen LogP) is 0.583. The van der Waals surface area contributed by atoms with E-state index in [1.807, 2.05) is 0 Å². The molecular formula is C16H24N2O3S. The lowest BCUT2D eigenvalue weighted by Crippen LogP contribution is -2.53. The molecule has 1 N–H and O–H groups in total. The largest absolute Gasteiger partial charge is 0.390 e. The average molecular weight is 324 g/mol. The van der Waals surface area contributed by atoms with E-state index in [9.17, 15) is 13.5 Å². The summed E-state index contributed by atoms with van der Waals surface area (Å²) < 4.78 is 23.3. The zero-order valence-electron chi connectivity index (χ0n) is 13.2. The van der Waals surface area contributed by atoms with E-state index in [0.29, 0.717) is 0 Å². The number of aryl methyl sites for hydroxylation is 1. The molecule has 0 radical (unpaired) electrons. The molecule has 2 fully saturated rings. The third kappa shape index (κ3) is 3.00. The molecule has 0 aliphatic carbocycles. The van der Waals surface area contributed by atoms with Gasteiger partial charge in [-0.05, 0) is 31.0 Å². The van der Waals surface area contributed by atoms with Crippen molar-refractivity contribution in [1.82, 2.24) is 4.90 Å². The van der Waals surface area contributed by atoms with Crippen LogP contribution in [0.1, 0.15) is 11.1 Å². The van der Waals surface area contributed by atoms with Crippen molar-refractivity contribution in [1.29, 1.82) is 0 Å². The maximum atomic E-state index is 11.7. The number of hydrogen-bond acceptors (Lipinski definition) is 5. The fraction of sp³-hybridized carbons (Fsp3) is 0.625. The molecule has 22 heavy (non-hydrogen) atoms. The molecule has 0 spiro atoms. The molecule has 2 atom stereocenters. The third-order valence-electron chi connectivity index (χ3n) is 4.99. The van der Waals surface area contributed by atoms with Gasteiger partial charge in [0.2, 0.25) is 0 Å². The Labute approximate surface area is 132 Å². The molecule has 0 unspecified atom stereocenters. The fourth-order valence-electron chi connectivity index (χ4n) is 3.53. The van der Waals surface area contributed by atoms with Gasteiger partial charge in [0, 0.05) is 31.9 Å². The summed E-state index contributed by atoms with van der Waals surface area (Å²) in [5, 5.41) is 10.0.